The fraction of sp³-hybridized carbons (Fsp3) is 0.524. The van der Waals surface area contributed by atoms with E-state index < -0.39 is 17.8 Å². The van der Waals surface area contributed by atoms with Crippen LogP contribution >= 0.6 is 0 Å². The zero-order chi connectivity index (χ0) is 20.6. The highest BCUT2D eigenvalue weighted by atomic mass is 19.4. The minimum Gasteiger partial charge on any atom is -0.338 e. The predicted molar refractivity (Wildman–Crippen MR) is 103 cm³/mol. The molecular weight excluding hydrogens is 381 g/mol. The number of piperidine rings is 1. The molecule has 29 heavy (non-hydrogen) atoms. The summed E-state index contributed by atoms with van der Waals surface area (Å²) < 4.78 is 42.6. The van der Waals surface area contributed by atoms with Crippen molar-refractivity contribution in [2.24, 2.45) is 0 Å². The van der Waals surface area contributed by atoms with E-state index in [9.17, 15) is 18.0 Å². The van der Waals surface area contributed by atoms with Gasteiger partial charge < -0.3 is 9.80 Å². The zero-order valence-corrected chi connectivity index (χ0v) is 16.5. The lowest BCUT2D eigenvalue weighted by Gasteiger charge is -2.36. The van der Waals surface area contributed by atoms with Crippen molar-refractivity contribution in [1.29, 1.82) is 0 Å². The summed E-state index contributed by atoms with van der Waals surface area (Å²) in [4.78, 5) is 17.0. The molecule has 1 amide bonds. The lowest BCUT2D eigenvalue weighted by Crippen LogP contribution is -2.46. The molecule has 0 bridgehead atoms. The van der Waals surface area contributed by atoms with Crippen molar-refractivity contribution in [3.8, 4) is 5.69 Å². The van der Waals surface area contributed by atoms with Crippen LogP contribution in [0.3, 0.4) is 0 Å². The molecule has 2 saturated heterocycles. The fourth-order valence-electron chi connectivity index (χ4n) is 4.47. The minimum absolute atomic E-state index is 0.326. The van der Waals surface area contributed by atoms with Crippen molar-refractivity contribution in [3.05, 3.63) is 47.3 Å². The highest BCUT2D eigenvalue weighted by Gasteiger charge is 2.42. The number of aromatic nitrogens is 2. The van der Waals surface area contributed by atoms with Crippen molar-refractivity contribution in [2.45, 2.75) is 44.8 Å². The number of hydrogen-bond acceptors (Lipinski definition) is 3. The topological polar surface area (TPSA) is 41.4 Å². The monoisotopic (exact) mass is 406 g/mol. The zero-order valence-electron chi connectivity index (χ0n) is 16.5. The summed E-state index contributed by atoms with van der Waals surface area (Å²) in [6.45, 7) is 4.85. The molecule has 156 valence electrons. The average Bonchev–Trinajstić information content (AvgIpc) is 3.38. The van der Waals surface area contributed by atoms with Gasteiger partial charge in [0.1, 0.15) is 0 Å². The van der Waals surface area contributed by atoms with Crippen LogP contribution in [0.15, 0.2) is 30.5 Å². The van der Waals surface area contributed by atoms with Crippen molar-refractivity contribution in [1.82, 2.24) is 19.6 Å². The summed E-state index contributed by atoms with van der Waals surface area (Å²) >= 11 is 0. The van der Waals surface area contributed by atoms with Gasteiger partial charge >= 0.3 is 6.18 Å². The van der Waals surface area contributed by atoms with Crippen LogP contribution in [0.1, 0.15) is 47.3 Å². The molecule has 2 fully saturated rings. The first-order valence-corrected chi connectivity index (χ1v) is 10.1. The van der Waals surface area contributed by atoms with Crippen LogP contribution in [0.5, 0.6) is 0 Å². The number of amides is 1. The molecule has 0 aliphatic carbocycles. The van der Waals surface area contributed by atoms with Gasteiger partial charge in [0.05, 0.1) is 17.4 Å². The van der Waals surface area contributed by atoms with Crippen molar-refractivity contribution in [3.63, 3.8) is 0 Å². The largest absolute Gasteiger partial charge is 0.434 e. The Morgan fingerprint density at radius 2 is 1.72 bits per heavy atom. The lowest BCUT2D eigenvalue weighted by molar-refractivity contribution is -0.143. The molecule has 4 rings (SSSR count). The summed E-state index contributed by atoms with van der Waals surface area (Å²) in [5, 5.41) is 3.95. The van der Waals surface area contributed by atoms with Crippen molar-refractivity contribution >= 4 is 5.91 Å². The third kappa shape index (κ3) is 3.90. The lowest BCUT2D eigenvalue weighted by atomic mass is 10.0. The quantitative estimate of drug-likeness (QED) is 0.776. The van der Waals surface area contributed by atoms with Crippen LogP contribution in [0, 0.1) is 6.92 Å². The van der Waals surface area contributed by atoms with Gasteiger partial charge in [0.25, 0.3) is 5.91 Å². The molecule has 1 aromatic heterocycles. The van der Waals surface area contributed by atoms with E-state index in [0.717, 1.165) is 36.8 Å². The first-order valence-electron chi connectivity index (χ1n) is 10.1. The van der Waals surface area contributed by atoms with Crippen molar-refractivity contribution < 1.29 is 18.0 Å². The normalized spacial score (nSPS) is 19.1. The summed E-state index contributed by atoms with van der Waals surface area (Å²) in [6.07, 6.45) is 0.387. The van der Waals surface area contributed by atoms with Crippen molar-refractivity contribution in [2.75, 3.05) is 26.2 Å². The van der Waals surface area contributed by atoms with E-state index in [1.165, 1.54) is 12.8 Å². The Labute approximate surface area is 168 Å². The molecule has 1 aromatic carbocycles. The highest BCUT2D eigenvalue weighted by molar-refractivity contribution is 5.95. The maximum atomic E-state index is 13.9. The van der Waals surface area contributed by atoms with Gasteiger partial charge in [-0.1, -0.05) is 18.2 Å². The van der Waals surface area contributed by atoms with Gasteiger partial charge in [0.2, 0.25) is 0 Å². The van der Waals surface area contributed by atoms with Gasteiger partial charge in [-0.05, 0) is 57.3 Å². The average molecular weight is 406 g/mol. The van der Waals surface area contributed by atoms with Crippen LogP contribution < -0.4 is 0 Å². The number of rotatable bonds is 3. The maximum Gasteiger partial charge on any atom is 0.434 e. The van der Waals surface area contributed by atoms with E-state index in [2.05, 4.69) is 10.00 Å². The number of carbonyl (C=O) groups is 1. The summed E-state index contributed by atoms with van der Waals surface area (Å²) in [7, 11) is 0. The van der Waals surface area contributed by atoms with Crippen LogP contribution in [0.2, 0.25) is 0 Å². The third-order valence-electron chi connectivity index (χ3n) is 6.02. The SMILES string of the molecule is Cc1ccccc1-n1ncc(C(=O)N2CCC(N3CCCC3)CC2)c1C(F)(F)F. The van der Waals surface area contributed by atoms with Crippen LogP contribution in [-0.2, 0) is 6.18 Å². The first kappa shape index (κ1) is 19.9. The van der Waals surface area contributed by atoms with Gasteiger partial charge in [-0.15, -0.1) is 0 Å². The molecule has 0 unspecified atom stereocenters. The molecule has 0 atom stereocenters. The number of carbonyl (C=O) groups excluding carboxylic acids is 1. The summed E-state index contributed by atoms with van der Waals surface area (Å²) in [5.74, 6) is -0.586. The summed E-state index contributed by atoms with van der Waals surface area (Å²) in [5.41, 5.74) is -0.392. The number of hydrogen-bond donors (Lipinski definition) is 0. The molecule has 0 radical (unpaired) electrons. The summed E-state index contributed by atoms with van der Waals surface area (Å²) in [6, 6.07) is 7.15. The van der Waals surface area contributed by atoms with Gasteiger partial charge in [0.15, 0.2) is 5.69 Å². The Morgan fingerprint density at radius 3 is 2.34 bits per heavy atom. The van der Waals surface area contributed by atoms with Gasteiger partial charge in [0, 0.05) is 19.1 Å². The number of halogens is 3. The van der Waals surface area contributed by atoms with Gasteiger partial charge in [-0.25, -0.2) is 4.68 Å². The molecule has 2 aliphatic rings. The molecule has 0 N–H and O–H groups in total. The second-order valence-electron chi connectivity index (χ2n) is 7.87. The number of alkyl halides is 3. The Balaban J connectivity index is 1.58. The molecule has 0 saturated carbocycles. The Hall–Kier alpha value is -2.35. The Bertz CT molecular complexity index is 878. The Kier molecular flexibility index (Phi) is 5.38. The maximum absolute atomic E-state index is 13.9. The fourth-order valence-corrected chi connectivity index (χ4v) is 4.47. The number of benzene rings is 1. The number of aryl methyl sites for hydroxylation is 1. The van der Waals surface area contributed by atoms with Crippen LogP contribution in [-0.4, -0.2) is 57.7 Å². The smallest absolute Gasteiger partial charge is 0.338 e. The van der Waals surface area contributed by atoms with E-state index in [0.29, 0.717) is 30.4 Å². The second kappa shape index (κ2) is 7.82. The van der Waals surface area contributed by atoms with Gasteiger partial charge in [-0.2, -0.15) is 18.3 Å². The Morgan fingerprint density at radius 1 is 1.07 bits per heavy atom. The predicted octanol–water partition coefficient (Wildman–Crippen LogP) is 3.90. The number of nitrogens with zero attached hydrogens (tertiary/aromatic N) is 4. The van der Waals surface area contributed by atoms with Crippen LogP contribution in [0.4, 0.5) is 13.2 Å². The number of likely N-dealkylation sites (tertiary alicyclic amines) is 2. The molecule has 8 heteroatoms. The first-order chi connectivity index (χ1) is 13.9. The molecule has 0 spiro atoms. The van der Waals surface area contributed by atoms with E-state index in [1.54, 1.807) is 36.1 Å². The number of para-hydroxylation sites is 1. The van der Waals surface area contributed by atoms with E-state index >= 15 is 0 Å². The molecule has 2 aliphatic heterocycles. The minimum atomic E-state index is -4.68. The standard InChI is InChI=1S/C21H25F3N4O/c1-15-6-2-3-7-18(15)28-19(21(22,23)24)17(14-25-28)20(29)27-12-8-16(9-13-27)26-10-4-5-11-26/h2-3,6-7,14,16H,4-5,8-13H2,1H3. The molecule has 5 nitrogen and oxygen atoms in total. The highest BCUT2D eigenvalue weighted by Crippen LogP contribution is 2.35. The van der Waals surface area contributed by atoms with E-state index in [1.807, 2.05) is 0 Å². The van der Waals surface area contributed by atoms with Gasteiger partial charge in [-0.3, -0.25) is 4.79 Å². The van der Waals surface area contributed by atoms with Crippen LogP contribution in [0.25, 0.3) is 5.69 Å². The molecule has 2 aromatic rings. The third-order valence-corrected chi connectivity index (χ3v) is 6.02. The molecule has 3 heterocycles. The second-order valence-corrected chi connectivity index (χ2v) is 7.87. The van der Waals surface area contributed by atoms with E-state index in [-0.39, 0.29) is 5.56 Å². The molecular formula is C21H25F3N4O. The van der Waals surface area contributed by atoms with E-state index in [4.69, 9.17) is 0 Å².